The molecule has 5 heterocycles. The van der Waals surface area contributed by atoms with Crippen LogP contribution in [0.1, 0.15) is 49.1 Å². The van der Waals surface area contributed by atoms with Crippen molar-refractivity contribution < 1.29 is 13.2 Å². The molecule has 3 fully saturated rings. The predicted octanol–water partition coefficient (Wildman–Crippen LogP) is 1.16. The number of nitrogens with one attached hydrogen (secondary N) is 1. The van der Waals surface area contributed by atoms with Gasteiger partial charge >= 0.3 is 0 Å². The highest BCUT2D eigenvalue weighted by molar-refractivity contribution is 7.99. The summed E-state index contributed by atoms with van der Waals surface area (Å²) in [7, 11) is -2.92. The highest BCUT2D eigenvalue weighted by Gasteiger charge is 2.47. The van der Waals surface area contributed by atoms with Gasteiger partial charge in [0.05, 0.1) is 23.7 Å². The van der Waals surface area contributed by atoms with E-state index in [0.717, 1.165) is 75.1 Å². The van der Waals surface area contributed by atoms with Gasteiger partial charge in [0.1, 0.15) is 5.82 Å². The monoisotopic (exact) mass is 480 g/mol. The first-order valence-electron chi connectivity index (χ1n) is 11.5. The zero-order chi connectivity index (χ0) is 22.5. The largest absolute Gasteiger partial charge is 0.369 e. The average Bonchev–Trinajstić information content (AvgIpc) is 3.41. The van der Waals surface area contributed by atoms with E-state index in [1.54, 1.807) is 0 Å². The van der Waals surface area contributed by atoms with Crippen molar-refractivity contribution in [3.05, 3.63) is 11.3 Å². The Bertz CT molecular complexity index is 1010. The van der Waals surface area contributed by atoms with Crippen LogP contribution in [-0.2, 0) is 20.4 Å². The number of nitrogens with zero attached hydrogens (tertiary/aromatic N) is 4. The molecule has 3 saturated heterocycles. The van der Waals surface area contributed by atoms with Crippen LogP contribution in [0.3, 0.4) is 0 Å². The number of carbonyl (C=O) groups excluding carboxylic acids is 1. The number of amides is 1. The van der Waals surface area contributed by atoms with Crippen LogP contribution in [0.2, 0.25) is 0 Å². The number of piperidine rings is 1. The van der Waals surface area contributed by atoms with Gasteiger partial charge < -0.3 is 16.0 Å². The van der Waals surface area contributed by atoms with Gasteiger partial charge in [0.2, 0.25) is 11.9 Å². The van der Waals surface area contributed by atoms with Gasteiger partial charge in [-0.05, 0) is 32.6 Å². The van der Waals surface area contributed by atoms with Gasteiger partial charge in [-0.25, -0.2) is 13.4 Å². The maximum absolute atomic E-state index is 12.1. The lowest BCUT2D eigenvalue weighted by atomic mass is 9.87. The third-order valence-electron chi connectivity index (χ3n) is 7.39. The smallest absolute Gasteiger partial charge is 0.231 e. The molecule has 1 aromatic rings. The number of carbonyl (C=O) groups is 1. The highest BCUT2D eigenvalue weighted by Crippen LogP contribution is 2.45. The fraction of sp³-hybridized carbons (Fsp3) is 0.762. The highest BCUT2D eigenvalue weighted by atomic mass is 32.2. The number of thioether (sulfide) groups is 1. The molecule has 4 aliphatic rings. The number of fused-ring (bicyclic) bond motifs is 1. The second kappa shape index (κ2) is 8.32. The van der Waals surface area contributed by atoms with Gasteiger partial charge in [-0.2, -0.15) is 4.98 Å². The lowest BCUT2D eigenvalue weighted by molar-refractivity contribution is -0.119. The van der Waals surface area contributed by atoms with Crippen molar-refractivity contribution in [1.82, 2.24) is 14.9 Å². The van der Waals surface area contributed by atoms with Crippen LogP contribution in [0.4, 0.5) is 11.8 Å². The second-order valence-corrected chi connectivity index (χ2v) is 13.4. The molecule has 1 amide bonds. The molecule has 1 aromatic heterocycles. The van der Waals surface area contributed by atoms with Crippen LogP contribution in [0.25, 0.3) is 0 Å². The molecule has 0 saturated carbocycles. The van der Waals surface area contributed by atoms with Crippen LogP contribution in [-0.4, -0.2) is 79.5 Å². The van der Waals surface area contributed by atoms with E-state index < -0.39 is 9.84 Å². The molecule has 1 spiro atoms. The quantitative estimate of drug-likeness (QED) is 0.639. The Kier molecular flexibility index (Phi) is 5.78. The number of hydrogen-bond acceptors (Lipinski definition) is 9. The van der Waals surface area contributed by atoms with E-state index in [1.807, 2.05) is 11.8 Å². The Morgan fingerprint density at radius 3 is 2.72 bits per heavy atom. The molecule has 0 aromatic carbocycles. The molecular formula is C21H32N6O3S2. The summed E-state index contributed by atoms with van der Waals surface area (Å²) in [4.78, 5) is 25.4. The van der Waals surface area contributed by atoms with E-state index in [-0.39, 0.29) is 11.3 Å². The summed E-state index contributed by atoms with van der Waals surface area (Å²) in [6.45, 7) is 5.72. The number of hydrogen-bond donors (Lipinski definition) is 2. The number of nitrogens with two attached hydrogens (primary N) is 1. The maximum Gasteiger partial charge on any atom is 0.231 e. The molecular weight excluding hydrogens is 448 g/mol. The average molecular weight is 481 g/mol. The molecule has 0 radical (unpaired) electrons. The van der Waals surface area contributed by atoms with E-state index >= 15 is 0 Å². The molecule has 0 bridgehead atoms. The summed E-state index contributed by atoms with van der Waals surface area (Å²) in [5, 5.41) is 4.01. The second-order valence-electron chi connectivity index (χ2n) is 9.86. The van der Waals surface area contributed by atoms with Gasteiger partial charge in [0.25, 0.3) is 0 Å². The number of primary amides is 1. The minimum Gasteiger partial charge on any atom is -0.369 e. The molecule has 11 heteroatoms. The van der Waals surface area contributed by atoms with Crippen LogP contribution in [0, 0.1) is 5.41 Å². The first-order valence-corrected chi connectivity index (χ1v) is 14.3. The molecule has 4 aliphatic heterocycles. The topological polar surface area (TPSA) is 122 Å². The van der Waals surface area contributed by atoms with Crippen molar-refractivity contribution in [2.24, 2.45) is 11.1 Å². The normalized spacial score (nSPS) is 30.2. The molecule has 176 valence electrons. The summed E-state index contributed by atoms with van der Waals surface area (Å²) in [6, 6.07) is 0.303. The van der Waals surface area contributed by atoms with Gasteiger partial charge in [-0.1, -0.05) is 0 Å². The van der Waals surface area contributed by atoms with Crippen LogP contribution in [0.15, 0.2) is 0 Å². The fourth-order valence-electron chi connectivity index (χ4n) is 5.58. The Morgan fingerprint density at radius 2 is 2.03 bits per heavy atom. The van der Waals surface area contributed by atoms with Crippen LogP contribution in [0.5, 0.6) is 0 Å². The van der Waals surface area contributed by atoms with Crippen molar-refractivity contribution in [3.8, 4) is 0 Å². The molecule has 32 heavy (non-hydrogen) atoms. The minimum atomic E-state index is -2.92. The van der Waals surface area contributed by atoms with Crippen molar-refractivity contribution in [2.45, 2.75) is 49.7 Å². The molecule has 2 unspecified atom stereocenters. The third-order valence-corrected chi connectivity index (χ3v) is 10.4. The molecule has 3 N–H and O–H groups in total. The van der Waals surface area contributed by atoms with E-state index in [9.17, 15) is 13.2 Å². The lowest BCUT2D eigenvalue weighted by Gasteiger charge is -2.32. The van der Waals surface area contributed by atoms with Crippen molar-refractivity contribution in [3.63, 3.8) is 0 Å². The molecule has 0 aliphatic carbocycles. The Morgan fingerprint density at radius 1 is 1.25 bits per heavy atom. The van der Waals surface area contributed by atoms with Crippen molar-refractivity contribution >= 4 is 39.3 Å². The summed E-state index contributed by atoms with van der Waals surface area (Å²) in [5.74, 6) is 2.88. The van der Waals surface area contributed by atoms with Crippen LogP contribution < -0.4 is 16.0 Å². The first kappa shape index (κ1) is 22.2. The predicted molar refractivity (Wildman–Crippen MR) is 127 cm³/mol. The van der Waals surface area contributed by atoms with Gasteiger partial charge in [0.15, 0.2) is 9.84 Å². The number of aromatic nitrogens is 2. The zero-order valence-electron chi connectivity index (χ0n) is 18.5. The number of likely N-dealkylation sites (tertiary alicyclic amines) is 1. The number of rotatable bonds is 5. The number of sulfone groups is 1. The van der Waals surface area contributed by atoms with Crippen LogP contribution >= 0.6 is 11.8 Å². The standard InChI is InChI=1S/C21H32N6O3S2/c1-14-18-16(11-31-14)19(23-15-2-6-26(7-3-15)10-17(22)28)25-20(24-18)27-8-4-21(12-27)5-9-32(29,30)13-21/h14-15H,2-13H2,1H3,(H2,22,28)(H,23,24,25). The SMILES string of the molecule is CC1SCc2c(NC3CCN(CC(N)=O)CC3)nc(N3CCC4(CCS(=O)(=O)C4)C3)nc21. The van der Waals surface area contributed by atoms with Gasteiger partial charge in [0, 0.05) is 54.2 Å². The Labute approximate surface area is 193 Å². The summed E-state index contributed by atoms with van der Waals surface area (Å²) >= 11 is 1.88. The third kappa shape index (κ3) is 4.43. The first-order chi connectivity index (χ1) is 15.2. The minimum absolute atomic E-state index is 0.136. The van der Waals surface area contributed by atoms with E-state index in [0.29, 0.717) is 29.3 Å². The zero-order valence-corrected chi connectivity index (χ0v) is 20.2. The van der Waals surface area contributed by atoms with E-state index in [1.165, 1.54) is 5.56 Å². The van der Waals surface area contributed by atoms with E-state index in [4.69, 9.17) is 15.7 Å². The Hall–Kier alpha value is -1.59. The van der Waals surface area contributed by atoms with Gasteiger partial charge in [-0.3, -0.25) is 9.69 Å². The summed E-state index contributed by atoms with van der Waals surface area (Å²) in [6.07, 6.45) is 3.51. The summed E-state index contributed by atoms with van der Waals surface area (Å²) in [5.41, 5.74) is 7.50. The molecule has 9 nitrogen and oxygen atoms in total. The fourth-order valence-corrected chi connectivity index (χ4v) is 8.83. The summed E-state index contributed by atoms with van der Waals surface area (Å²) < 4.78 is 24.2. The Balaban J connectivity index is 1.33. The van der Waals surface area contributed by atoms with Crippen molar-refractivity contribution in [1.29, 1.82) is 0 Å². The van der Waals surface area contributed by atoms with Crippen molar-refractivity contribution in [2.75, 3.05) is 54.4 Å². The maximum atomic E-state index is 12.1. The molecule has 2 atom stereocenters. The lowest BCUT2D eigenvalue weighted by Crippen LogP contribution is -2.43. The van der Waals surface area contributed by atoms with E-state index in [2.05, 4.69) is 22.0 Å². The molecule has 5 rings (SSSR count). The number of anilines is 2. The van der Waals surface area contributed by atoms with Gasteiger partial charge in [-0.15, -0.1) is 11.8 Å².